The molecule has 0 aromatic carbocycles. The third-order valence-electron chi connectivity index (χ3n) is 5.98. The van der Waals surface area contributed by atoms with Gasteiger partial charge in [0, 0.05) is 25.7 Å². The van der Waals surface area contributed by atoms with E-state index in [-0.39, 0.29) is 17.8 Å². The monoisotopic (exact) mass is 503 g/mol. The molecule has 0 radical (unpaired) electrons. The van der Waals surface area contributed by atoms with Crippen molar-refractivity contribution in [1.82, 2.24) is 20.2 Å². The fourth-order valence-electron chi connectivity index (χ4n) is 4.04. The van der Waals surface area contributed by atoms with Crippen LogP contribution in [0.2, 0.25) is 0 Å². The highest BCUT2D eigenvalue weighted by molar-refractivity contribution is 5.86. The van der Waals surface area contributed by atoms with Gasteiger partial charge in [-0.2, -0.15) is 13.2 Å². The zero-order valence-corrected chi connectivity index (χ0v) is 20.0. The third kappa shape index (κ3) is 8.25. The number of nitrogens with one attached hydrogen (secondary N) is 1. The first-order chi connectivity index (χ1) is 16.4. The van der Waals surface area contributed by atoms with Gasteiger partial charge in [0.2, 0.25) is 0 Å². The van der Waals surface area contributed by atoms with Crippen molar-refractivity contribution in [3.8, 4) is 0 Å². The minimum Gasteiger partial charge on any atom is -0.475 e. The molecule has 10 nitrogen and oxygen atoms in total. The molecule has 1 atom stereocenters. The lowest BCUT2D eigenvalue weighted by Crippen LogP contribution is -2.60. The van der Waals surface area contributed by atoms with E-state index in [1.807, 2.05) is 4.90 Å². The summed E-state index contributed by atoms with van der Waals surface area (Å²) in [7, 11) is 1.32. The fourth-order valence-corrected chi connectivity index (χ4v) is 4.04. The summed E-state index contributed by atoms with van der Waals surface area (Å²) in [6.07, 6.45) is 3.80. The fraction of sp³-hybridized carbons (Fsp3) is 0.682. The van der Waals surface area contributed by atoms with Crippen LogP contribution in [0.3, 0.4) is 0 Å². The van der Waals surface area contributed by atoms with E-state index >= 15 is 0 Å². The Morgan fingerprint density at radius 1 is 1.11 bits per heavy atom. The molecule has 1 saturated heterocycles. The number of methoxy groups -OCH3 is 1. The number of urea groups is 1. The van der Waals surface area contributed by atoms with Gasteiger partial charge in [0.1, 0.15) is 5.82 Å². The van der Waals surface area contributed by atoms with E-state index in [9.17, 15) is 22.8 Å². The number of nitrogens with zero attached hydrogens (tertiary/aromatic N) is 4. The van der Waals surface area contributed by atoms with Gasteiger partial charge in [0.05, 0.1) is 25.5 Å². The molecule has 1 aromatic heterocycles. The van der Waals surface area contributed by atoms with Crippen LogP contribution in [-0.4, -0.2) is 82.9 Å². The van der Waals surface area contributed by atoms with Crippen LogP contribution in [0, 0.1) is 5.92 Å². The van der Waals surface area contributed by atoms with E-state index in [1.165, 1.54) is 32.6 Å². The summed E-state index contributed by atoms with van der Waals surface area (Å²) in [4.78, 5) is 46.0. The predicted molar refractivity (Wildman–Crippen MR) is 120 cm³/mol. The maximum atomic E-state index is 12.9. The third-order valence-corrected chi connectivity index (χ3v) is 5.98. The Kier molecular flexibility index (Phi) is 10.1. The van der Waals surface area contributed by atoms with Crippen molar-refractivity contribution in [2.45, 2.75) is 64.2 Å². The van der Waals surface area contributed by atoms with Crippen LogP contribution in [0.5, 0.6) is 0 Å². The Balaban J connectivity index is 0.000000540. The summed E-state index contributed by atoms with van der Waals surface area (Å²) >= 11 is 0. The molecule has 0 spiro atoms. The minimum absolute atomic E-state index is 0.0531. The molecule has 1 aromatic rings. The van der Waals surface area contributed by atoms with Crippen LogP contribution in [0.1, 0.15) is 56.4 Å². The Labute approximate surface area is 201 Å². The van der Waals surface area contributed by atoms with Crippen LogP contribution in [0.4, 0.5) is 23.8 Å². The number of carbonyl (C=O) groups excluding carboxylic acids is 2. The van der Waals surface area contributed by atoms with E-state index in [1.54, 1.807) is 6.20 Å². The Bertz CT molecular complexity index is 860. The highest BCUT2D eigenvalue weighted by atomic mass is 19.4. The second-order valence-electron chi connectivity index (χ2n) is 8.79. The van der Waals surface area contributed by atoms with Gasteiger partial charge in [-0.25, -0.2) is 24.4 Å². The molecule has 35 heavy (non-hydrogen) atoms. The first-order valence-corrected chi connectivity index (χ1v) is 11.5. The number of aliphatic carboxylic acids is 1. The summed E-state index contributed by atoms with van der Waals surface area (Å²) in [5.74, 6) is -2.22. The number of amides is 2. The molecule has 1 aliphatic carbocycles. The number of alkyl halides is 3. The molecule has 2 N–H and O–H groups in total. The predicted octanol–water partition coefficient (Wildman–Crippen LogP) is 3.09. The Hall–Kier alpha value is -3.12. The topological polar surface area (TPSA) is 125 Å². The van der Waals surface area contributed by atoms with Crippen LogP contribution < -0.4 is 10.2 Å². The molecule has 2 aliphatic rings. The number of anilines is 1. The maximum absolute atomic E-state index is 12.9. The van der Waals surface area contributed by atoms with E-state index in [2.05, 4.69) is 38.8 Å². The Morgan fingerprint density at radius 2 is 1.74 bits per heavy atom. The zero-order valence-electron chi connectivity index (χ0n) is 20.0. The smallest absolute Gasteiger partial charge is 0.475 e. The number of esters is 1. The van der Waals surface area contributed by atoms with Gasteiger partial charge in [-0.3, -0.25) is 0 Å². The lowest BCUT2D eigenvalue weighted by molar-refractivity contribution is -0.192. The van der Waals surface area contributed by atoms with Crippen molar-refractivity contribution >= 4 is 23.8 Å². The number of carboxylic acid groups (broad SMARTS) is 1. The lowest BCUT2D eigenvalue weighted by Gasteiger charge is -2.44. The van der Waals surface area contributed by atoms with Gasteiger partial charge in [-0.05, 0) is 18.8 Å². The second kappa shape index (κ2) is 12.5. The largest absolute Gasteiger partial charge is 0.490 e. The average Bonchev–Trinajstić information content (AvgIpc) is 2.83. The molecule has 2 heterocycles. The van der Waals surface area contributed by atoms with Crippen molar-refractivity contribution in [2.24, 2.45) is 5.92 Å². The van der Waals surface area contributed by atoms with Crippen LogP contribution >= 0.6 is 0 Å². The maximum Gasteiger partial charge on any atom is 0.490 e. The van der Waals surface area contributed by atoms with E-state index < -0.39 is 18.1 Å². The first-order valence-electron chi connectivity index (χ1n) is 11.5. The van der Waals surface area contributed by atoms with Crippen molar-refractivity contribution in [3.63, 3.8) is 0 Å². The minimum atomic E-state index is -5.08. The molecule has 196 valence electrons. The van der Waals surface area contributed by atoms with Crippen LogP contribution in [0.15, 0.2) is 12.4 Å². The standard InChI is InChI=1S/C20H31N5O3.C2HF3O2/c1-14(2)17-13-24(18-12-21-16(11-22-18)19(26)28-3)9-10-25(17)20(27)23-15-7-5-4-6-8-15;3-2(4,5)1(6)7/h11-12,14-15,17H,4-10,13H2,1-3H3,(H,23,27);(H,6,7). The first kappa shape index (κ1) is 28.1. The number of halogens is 3. The quantitative estimate of drug-likeness (QED) is 0.601. The van der Waals surface area contributed by atoms with Gasteiger partial charge < -0.3 is 25.0 Å². The molecular formula is C22H32F3N5O5. The molecule has 2 fully saturated rings. The van der Waals surface area contributed by atoms with Gasteiger partial charge in [0.25, 0.3) is 0 Å². The van der Waals surface area contributed by atoms with Gasteiger partial charge in [-0.15, -0.1) is 0 Å². The van der Waals surface area contributed by atoms with Gasteiger partial charge >= 0.3 is 24.1 Å². The Morgan fingerprint density at radius 3 is 2.23 bits per heavy atom. The molecule has 13 heteroatoms. The van der Waals surface area contributed by atoms with Crippen molar-refractivity contribution in [2.75, 3.05) is 31.6 Å². The summed E-state index contributed by atoms with van der Waals surface area (Å²) in [5.41, 5.74) is 0.192. The van der Waals surface area contributed by atoms with E-state index in [0.717, 1.165) is 12.8 Å². The number of piperazine rings is 1. The molecule has 1 aliphatic heterocycles. The molecule has 0 bridgehead atoms. The molecule has 1 saturated carbocycles. The van der Waals surface area contributed by atoms with E-state index in [4.69, 9.17) is 9.90 Å². The molecule has 1 unspecified atom stereocenters. The second-order valence-corrected chi connectivity index (χ2v) is 8.79. The number of rotatable bonds is 4. The molecule has 2 amide bonds. The number of carbonyl (C=O) groups is 3. The van der Waals surface area contributed by atoms with Gasteiger partial charge in [0.15, 0.2) is 5.69 Å². The summed E-state index contributed by atoms with van der Waals surface area (Å²) in [5, 5.41) is 10.4. The highest BCUT2D eigenvalue weighted by Crippen LogP contribution is 2.23. The SMILES string of the molecule is COC(=O)c1cnc(N2CCN(C(=O)NC3CCCCC3)C(C(C)C)C2)cn1.O=C(O)C(F)(F)F. The number of hydrogen-bond donors (Lipinski definition) is 2. The normalized spacial score (nSPS) is 19.0. The number of aromatic nitrogens is 2. The lowest BCUT2D eigenvalue weighted by atomic mass is 9.95. The summed E-state index contributed by atoms with van der Waals surface area (Å²) < 4.78 is 36.4. The number of carboxylic acids is 1. The summed E-state index contributed by atoms with van der Waals surface area (Å²) in [6, 6.07) is 0.459. The van der Waals surface area contributed by atoms with Crippen LogP contribution in [-0.2, 0) is 9.53 Å². The summed E-state index contributed by atoms with van der Waals surface area (Å²) in [6.45, 7) is 6.31. The van der Waals surface area contributed by atoms with E-state index in [0.29, 0.717) is 37.4 Å². The molecule has 3 rings (SSSR count). The van der Waals surface area contributed by atoms with Crippen molar-refractivity contribution in [3.05, 3.63) is 18.1 Å². The van der Waals surface area contributed by atoms with Gasteiger partial charge in [-0.1, -0.05) is 33.1 Å². The van der Waals surface area contributed by atoms with Crippen LogP contribution in [0.25, 0.3) is 0 Å². The van der Waals surface area contributed by atoms with Crippen molar-refractivity contribution in [1.29, 1.82) is 0 Å². The molecular weight excluding hydrogens is 471 g/mol. The average molecular weight is 504 g/mol. The zero-order chi connectivity index (χ0) is 26.2. The van der Waals surface area contributed by atoms with Crippen molar-refractivity contribution < 1.29 is 37.4 Å². The highest BCUT2D eigenvalue weighted by Gasteiger charge is 2.38. The number of ether oxygens (including phenoxy) is 1. The number of hydrogen-bond acceptors (Lipinski definition) is 7.